The third-order valence-corrected chi connectivity index (χ3v) is 5.73. The molecule has 146 valence electrons. The van der Waals surface area contributed by atoms with Crippen LogP contribution in [0, 0.1) is 18.3 Å². The van der Waals surface area contributed by atoms with E-state index in [1.165, 1.54) is 0 Å². The van der Waals surface area contributed by atoms with Gasteiger partial charge in [-0.3, -0.25) is 14.5 Å². The molecule has 27 heavy (non-hydrogen) atoms. The van der Waals surface area contributed by atoms with E-state index in [0.29, 0.717) is 26.2 Å². The minimum Gasteiger partial charge on any atom is -0.496 e. The van der Waals surface area contributed by atoms with Crippen molar-refractivity contribution in [1.82, 2.24) is 9.80 Å². The zero-order valence-electron chi connectivity index (χ0n) is 16.0. The molecule has 2 aliphatic heterocycles. The summed E-state index contributed by atoms with van der Waals surface area (Å²) in [4.78, 5) is 28.4. The summed E-state index contributed by atoms with van der Waals surface area (Å²) in [5, 5.41) is 9.90. The highest BCUT2D eigenvalue weighted by Gasteiger charge is 2.61. The highest BCUT2D eigenvalue weighted by Crippen LogP contribution is 2.44. The maximum Gasteiger partial charge on any atom is 0.313 e. The Hall–Kier alpha value is -2.54. The minimum atomic E-state index is -1.06. The first kappa shape index (κ1) is 19.2. The van der Waals surface area contributed by atoms with E-state index >= 15 is 0 Å². The molecule has 0 radical (unpaired) electrons. The van der Waals surface area contributed by atoms with Gasteiger partial charge in [0.2, 0.25) is 5.91 Å². The average molecular weight is 374 g/mol. The third kappa shape index (κ3) is 3.06. The van der Waals surface area contributed by atoms with Gasteiger partial charge in [-0.1, -0.05) is 12.1 Å². The van der Waals surface area contributed by atoms with Crippen molar-refractivity contribution in [2.45, 2.75) is 13.5 Å². The van der Waals surface area contributed by atoms with E-state index in [9.17, 15) is 14.7 Å². The van der Waals surface area contributed by atoms with Gasteiger partial charge in [-0.05, 0) is 13.0 Å². The first-order valence-electron chi connectivity index (χ1n) is 8.93. The molecule has 0 aromatic heterocycles. The van der Waals surface area contributed by atoms with E-state index < -0.39 is 17.3 Å². The molecule has 3 rings (SSSR count). The smallest absolute Gasteiger partial charge is 0.313 e. The number of fused-ring (bicyclic) bond motifs is 1. The Balaban J connectivity index is 1.84. The van der Waals surface area contributed by atoms with Crippen LogP contribution in [-0.4, -0.2) is 67.2 Å². The van der Waals surface area contributed by atoms with E-state index in [4.69, 9.17) is 9.47 Å². The fourth-order valence-electron chi connectivity index (χ4n) is 4.44. The van der Waals surface area contributed by atoms with Gasteiger partial charge in [-0.25, -0.2) is 0 Å². The number of nitrogens with zero attached hydrogens (tertiary/aromatic N) is 2. The lowest BCUT2D eigenvalue weighted by Crippen LogP contribution is -2.40. The molecule has 0 aliphatic carbocycles. The van der Waals surface area contributed by atoms with Crippen LogP contribution in [0.1, 0.15) is 11.1 Å². The SMILES string of the molecule is C=CCN1C[C@@]2(C(=O)O)CN(Cc3ccc(OC)c(C)c3OC)C[C@H]2C1=O. The van der Waals surface area contributed by atoms with Gasteiger partial charge in [-0.2, -0.15) is 0 Å². The fraction of sp³-hybridized carbons (Fsp3) is 0.500. The van der Waals surface area contributed by atoms with Crippen LogP contribution >= 0.6 is 0 Å². The number of methoxy groups -OCH3 is 2. The molecule has 7 heteroatoms. The monoisotopic (exact) mass is 374 g/mol. The van der Waals surface area contributed by atoms with Crippen molar-refractivity contribution in [1.29, 1.82) is 0 Å². The van der Waals surface area contributed by atoms with Gasteiger partial charge in [0.1, 0.15) is 16.9 Å². The number of carboxylic acids is 1. The molecular weight excluding hydrogens is 348 g/mol. The Morgan fingerprint density at radius 3 is 2.67 bits per heavy atom. The summed E-state index contributed by atoms with van der Waals surface area (Å²) in [6.45, 7) is 7.48. The highest BCUT2D eigenvalue weighted by atomic mass is 16.5. The zero-order chi connectivity index (χ0) is 19.8. The third-order valence-electron chi connectivity index (χ3n) is 5.73. The van der Waals surface area contributed by atoms with Gasteiger partial charge in [0.15, 0.2) is 0 Å². The van der Waals surface area contributed by atoms with Crippen LogP contribution in [-0.2, 0) is 16.1 Å². The molecule has 1 amide bonds. The van der Waals surface area contributed by atoms with E-state index in [0.717, 1.165) is 22.6 Å². The molecule has 7 nitrogen and oxygen atoms in total. The molecular formula is C20H26N2O5. The van der Waals surface area contributed by atoms with Crippen molar-refractivity contribution in [3.8, 4) is 11.5 Å². The van der Waals surface area contributed by atoms with Crippen molar-refractivity contribution >= 4 is 11.9 Å². The summed E-state index contributed by atoms with van der Waals surface area (Å²) in [7, 11) is 3.22. The normalized spacial score (nSPS) is 24.8. The van der Waals surface area contributed by atoms with Crippen molar-refractivity contribution in [3.05, 3.63) is 35.9 Å². The molecule has 1 aromatic rings. The van der Waals surface area contributed by atoms with E-state index in [-0.39, 0.29) is 12.5 Å². The number of likely N-dealkylation sites (tertiary alicyclic amines) is 2. The number of rotatable bonds is 7. The topological polar surface area (TPSA) is 79.3 Å². The Kier molecular flexibility index (Phi) is 5.15. The summed E-state index contributed by atoms with van der Waals surface area (Å²) < 4.78 is 10.9. The number of amides is 1. The number of hydrogen-bond donors (Lipinski definition) is 1. The Bertz CT molecular complexity index is 778. The maximum absolute atomic E-state index is 12.7. The molecule has 1 aromatic carbocycles. The molecule has 0 bridgehead atoms. The van der Waals surface area contributed by atoms with Crippen LogP contribution in [0.5, 0.6) is 11.5 Å². The van der Waals surface area contributed by atoms with Crippen LogP contribution in [0.4, 0.5) is 0 Å². The van der Waals surface area contributed by atoms with Crippen LogP contribution in [0.15, 0.2) is 24.8 Å². The van der Waals surface area contributed by atoms with Crippen molar-refractivity contribution in [3.63, 3.8) is 0 Å². The lowest BCUT2D eigenvalue weighted by molar-refractivity contribution is -0.149. The number of hydrogen-bond acceptors (Lipinski definition) is 5. The molecule has 0 spiro atoms. The van der Waals surface area contributed by atoms with Gasteiger partial charge in [-0.15, -0.1) is 6.58 Å². The van der Waals surface area contributed by atoms with E-state index in [1.807, 2.05) is 24.0 Å². The molecule has 1 N–H and O–H groups in total. The van der Waals surface area contributed by atoms with Gasteiger partial charge in [0.25, 0.3) is 0 Å². The second-order valence-electron chi connectivity index (χ2n) is 7.28. The average Bonchev–Trinajstić information content (AvgIpc) is 3.12. The summed E-state index contributed by atoms with van der Waals surface area (Å²) in [6, 6.07) is 3.81. The largest absolute Gasteiger partial charge is 0.496 e. The summed E-state index contributed by atoms with van der Waals surface area (Å²) in [5.74, 6) is -0.0627. The standard InChI is InChI=1S/C20H26N2O5/c1-5-8-22-12-20(19(24)25)11-21(10-15(20)18(22)23)9-14-6-7-16(26-3)13(2)17(14)27-4/h5-7,15H,1,8-12H2,2-4H3,(H,24,25)/t15-,20-/m0/s1. The van der Waals surface area contributed by atoms with Crippen molar-refractivity contribution in [2.24, 2.45) is 11.3 Å². The number of aliphatic carboxylic acids is 1. The minimum absolute atomic E-state index is 0.0994. The van der Waals surface area contributed by atoms with Gasteiger partial charge >= 0.3 is 5.97 Å². The predicted molar refractivity (Wildman–Crippen MR) is 99.9 cm³/mol. The molecule has 2 aliphatic rings. The lowest BCUT2D eigenvalue weighted by Gasteiger charge is -2.25. The van der Waals surface area contributed by atoms with Crippen LogP contribution < -0.4 is 9.47 Å². The van der Waals surface area contributed by atoms with Crippen LogP contribution in [0.3, 0.4) is 0 Å². The Morgan fingerprint density at radius 2 is 2.11 bits per heavy atom. The van der Waals surface area contributed by atoms with Crippen LogP contribution in [0.25, 0.3) is 0 Å². The summed E-state index contributed by atoms with van der Waals surface area (Å²) >= 11 is 0. The van der Waals surface area contributed by atoms with Crippen molar-refractivity contribution < 1.29 is 24.2 Å². The van der Waals surface area contributed by atoms with Gasteiger partial charge in [0.05, 0.1) is 20.1 Å². The predicted octanol–water partition coefficient (Wildman–Crippen LogP) is 1.54. The number of ether oxygens (including phenoxy) is 2. The molecule has 2 heterocycles. The summed E-state index contributed by atoms with van der Waals surface area (Å²) in [5.41, 5.74) is 0.791. The molecule has 0 unspecified atom stereocenters. The molecule has 0 saturated carbocycles. The summed E-state index contributed by atoms with van der Waals surface area (Å²) in [6.07, 6.45) is 1.64. The van der Waals surface area contributed by atoms with Gasteiger partial charge < -0.3 is 19.5 Å². The number of carbonyl (C=O) groups is 2. The maximum atomic E-state index is 12.7. The number of carboxylic acid groups (broad SMARTS) is 1. The highest BCUT2D eigenvalue weighted by molar-refractivity contribution is 5.92. The lowest BCUT2D eigenvalue weighted by atomic mass is 9.81. The van der Waals surface area contributed by atoms with E-state index in [1.54, 1.807) is 25.2 Å². The Labute approximate surface area is 159 Å². The second-order valence-corrected chi connectivity index (χ2v) is 7.28. The molecule has 2 saturated heterocycles. The fourth-order valence-corrected chi connectivity index (χ4v) is 4.44. The number of carbonyl (C=O) groups excluding carboxylic acids is 1. The second kappa shape index (κ2) is 7.23. The van der Waals surface area contributed by atoms with Crippen molar-refractivity contribution in [2.75, 3.05) is 40.4 Å². The molecule has 2 fully saturated rings. The number of benzene rings is 1. The quantitative estimate of drug-likeness (QED) is 0.730. The zero-order valence-corrected chi connectivity index (χ0v) is 16.0. The first-order chi connectivity index (χ1) is 12.9. The van der Waals surface area contributed by atoms with Crippen LogP contribution in [0.2, 0.25) is 0 Å². The van der Waals surface area contributed by atoms with Gasteiger partial charge in [0, 0.05) is 43.9 Å². The van der Waals surface area contributed by atoms with E-state index in [2.05, 4.69) is 6.58 Å². The molecule has 2 atom stereocenters. The first-order valence-corrected chi connectivity index (χ1v) is 8.93. The Morgan fingerprint density at radius 1 is 1.37 bits per heavy atom.